The molecule has 0 bridgehead atoms. The molecule has 1 fully saturated rings. The minimum Gasteiger partial charge on any atom is -0.316 e. The fraction of sp³-hybridized carbons (Fsp3) is 0.444. The molecule has 120 valence electrons. The predicted octanol–water partition coefficient (Wildman–Crippen LogP) is 2.78. The van der Waals surface area contributed by atoms with Gasteiger partial charge in [-0.25, -0.2) is 4.68 Å². The third kappa shape index (κ3) is 2.45. The number of rotatable bonds is 2. The number of hydrogen-bond donors (Lipinski definition) is 1. The standard InChI is InChI=1S/C18H23N5/c1-12-6-14-9-21-23(15-10-20-22(3)11-15)18(14)7-17(12)16-4-5-19-8-13(16)2/h6-7,9-11,13,16,19H,4-5,8H2,1-3H3/t13-,16+/m1/s1. The summed E-state index contributed by atoms with van der Waals surface area (Å²) in [5, 5.41) is 13.5. The Labute approximate surface area is 136 Å². The molecule has 2 aromatic heterocycles. The second-order valence-corrected chi connectivity index (χ2v) is 6.77. The molecule has 2 atom stereocenters. The Morgan fingerprint density at radius 2 is 2.09 bits per heavy atom. The van der Waals surface area contributed by atoms with Crippen LogP contribution in [0.15, 0.2) is 30.7 Å². The molecule has 3 heterocycles. The Kier molecular flexibility index (Phi) is 3.45. The van der Waals surface area contributed by atoms with E-state index in [0.717, 1.165) is 18.8 Å². The van der Waals surface area contributed by atoms with Crippen LogP contribution in [-0.2, 0) is 7.05 Å². The summed E-state index contributed by atoms with van der Waals surface area (Å²) in [6, 6.07) is 4.62. The van der Waals surface area contributed by atoms with Crippen LogP contribution >= 0.6 is 0 Å². The fourth-order valence-electron chi connectivity index (χ4n) is 3.80. The summed E-state index contributed by atoms with van der Waals surface area (Å²) in [5.74, 6) is 1.28. The summed E-state index contributed by atoms with van der Waals surface area (Å²) in [7, 11) is 1.93. The summed E-state index contributed by atoms with van der Waals surface area (Å²) in [5.41, 5.74) is 5.03. The smallest absolute Gasteiger partial charge is 0.103 e. The minimum absolute atomic E-state index is 0.623. The minimum atomic E-state index is 0.623. The van der Waals surface area contributed by atoms with Crippen molar-refractivity contribution in [3.63, 3.8) is 0 Å². The van der Waals surface area contributed by atoms with E-state index in [9.17, 15) is 0 Å². The Hall–Kier alpha value is -2.14. The fourth-order valence-corrected chi connectivity index (χ4v) is 3.80. The van der Waals surface area contributed by atoms with Crippen LogP contribution in [0.5, 0.6) is 0 Å². The zero-order valence-corrected chi connectivity index (χ0v) is 14.0. The lowest BCUT2D eigenvalue weighted by molar-refractivity contribution is 0.349. The van der Waals surface area contributed by atoms with Gasteiger partial charge in [-0.05, 0) is 61.5 Å². The molecule has 1 N–H and O–H groups in total. The molecule has 1 aromatic carbocycles. The van der Waals surface area contributed by atoms with Gasteiger partial charge < -0.3 is 5.32 Å². The molecule has 4 rings (SSSR count). The second-order valence-electron chi connectivity index (χ2n) is 6.77. The van der Waals surface area contributed by atoms with E-state index in [1.165, 1.54) is 28.5 Å². The van der Waals surface area contributed by atoms with Crippen molar-refractivity contribution in [2.24, 2.45) is 13.0 Å². The first-order valence-electron chi connectivity index (χ1n) is 8.31. The SMILES string of the molecule is Cc1cc2cnn(-c3cnn(C)c3)c2cc1[C@H]1CCNC[C@H]1C. The van der Waals surface area contributed by atoms with Crippen molar-refractivity contribution in [1.29, 1.82) is 0 Å². The van der Waals surface area contributed by atoms with E-state index in [1.54, 1.807) is 0 Å². The quantitative estimate of drug-likeness (QED) is 0.792. The first-order chi connectivity index (χ1) is 11.1. The Balaban J connectivity index is 1.84. The van der Waals surface area contributed by atoms with Crippen LogP contribution in [0.3, 0.4) is 0 Å². The molecule has 0 aliphatic carbocycles. The van der Waals surface area contributed by atoms with Crippen molar-refractivity contribution >= 4 is 10.9 Å². The molecule has 1 aliphatic heterocycles. The Morgan fingerprint density at radius 3 is 2.83 bits per heavy atom. The number of benzene rings is 1. The van der Waals surface area contributed by atoms with E-state index in [4.69, 9.17) is 0 Å². The molecule has 0 amide bonds. The molecule has 3 aromatic rings. The monoisotopic (exact) mass is 309 g/mol. The summed E-state index contributed by atoms with van der Waals surface area (Å²) in [6.45, 7) is 6.78. The van der Waals surface area contributed by atoms with Gasteiger partial charge in [0.15, 0.2) is 0 Å². The Morgan fingerprint density at radius 1 is 1.22 bits per heavy atom. The van der Waals surface area contributed by atoms with Crippen LogP contribution in [0.1, 0.15) is 30.4 Å². The average molecular weight is 309 g/mol. The highest BCUT2D eigenvalue weighted by molar-refractivity contribution is 5.82. The van der Waals surface area contributed by atoms with Crippen molar-refractivity contribution in [1.82, 2.24) is 24.9 Å². The average Bonchev–Trinajstić information content (AvgIpc) is 3.13. The highest BCUT2D eigenvalue weighted by atomic mass is 15.3. The summed E-state index contributed by atoms with van der Waals surface area (Å²) < 4.78 is 3.81. The van der Waals surface area contributed by atoms with Gasteiger partial charge in [0.1, 0.15) is 5.69 Å². The maximum Gasteiger partial charge on any atom is 0.103 e. The van der Waals surface area contributed by atoms with E-state index < -0.39 is 0 Å². The molecule has 1 aliphatic rings. The lowest BCUT2D eigenvalue weighted by atomic mass is 9.80. The molecule has 23 heavy (non-hydrogen) atoms. The molecule has 5 nitrogen and oxygen atoms in total. The highest BCUT2D eigenvalue weighted by Gasteiger charge is 2.24. The maximum atomic E-state index is 4.58. The third-order valence-corrected chi connectivity index (χ3v) is 5.08. The summed E-state index contributed by atoms with van der Waals surface area (Å²) in [4.78, 5) is 0. The number of piperidine rings is 1. The zero-order valence-electron chi connectivity index (χ0n) is 14.0. The lowest BCUT2D eigenvalue weighted by Gasteiger charge is -2.31. The topological polar surface area (TPSA) is 47.7 Å². The van der Waals surface area contributed by atoms with Crippen LogP contribution in [0.25, 0.3) is 16.6 Å². The van der Waals surface area contributed by atoms with Crippen molar-refractivity contribution in [2.75, 3.05) is 13.1 Å². The van der Waals surface area contributed by atoms with Gasteiger partial charge in [-0.15, -0.1) is 0 Å². The normalized spacial score (nSPS) is 21.9. The van der Waals surface area contributed by atoms with Crippen molar-refractivity contribution < 1.29 is 0 Å². The lowest BCUT2D eigenvalue weighted by Crippen LogP contribution is -2.34. The van der Waals surface area contributed by atoms with Gasteiger partial charge in [-0.1, -0.05) is 6.92 Å². The number of hydrogen-bond acceptors (Lipinski definition) is 3. The van der Waals surface area contributed by atoms with Crippen molar-refractivity contribution in [3.05, 3.63) is 41.9 Å². The molecule has 1 saturated heterocycles. The molecule has 0 spiro atoms. The van der Waals surface area contributed by atoms with Gasteiger partial charge in [0.05, 0.1) is 24.1 Å². The van der Waals surface area contributed by atoms with Crippen LogP contribution in [0.2, 0.25) is 0 Å². The van der Waals surface area contributed by atoms with E-state index in [0.29, 0.717) is 11.8 Å². The summed E-state index contributed by atoms with van der Waals surface area (Å²) in [6.07, 6.45) is 7.01. The van der Waals surface area contributed by atoms with E-state index in [2.05, 4.69) is 41.5 Å². The van der Waals surface area contributed by atoms with Gasteiger partial charge in [-0.2, -0.15) is 10.2 Å². The van der Waals surface area contributed by atoms with E-state index >= 15 is 0 Å². The zero-order chi connectivity index (χ0) is 16.0. The van der Waals surface area contributed by atoms with Crippen molar-refractivity contribution in [2.45, 2.75) is 26.2 Å². The van der Waals surface area contributed by atoms with Crippen LogP contribution in [0, 0.1) is 12.8 Å². The van der Waals surface area contributed by atoms with E-state index in [1.807, 2.05) is 35.0 Å². The van der Waals surface area contributed by atoms with Gasteiger partial charge in [-0.3, -0.25) is 4.68 Å². The second kappa shape index (κ2) is 5.49. The number of aromatic nitrogens is 4. The number of aryl methyl sites for hydroxylation is 2. The number of nitrogens with zero attached hydrogens (tertiary/aromatic N) is 4. The van der Waals surface area contributed by atoms with Crippen LogP contribution in [-0.4, -0.2) is 32.7 Å². The van der Waals surface area contributed by atoms with Gasteiger partial charge in [0.25, 0.3) is 0 Å². The molecule has 0 saturated carbocycles. The molecule has 0 unspecified atom stereocenters. The predicted molar refractivity (Wildman–Crippen MR) is 92.0 cm³/mol. The molecular formula is C18H23N5. The van der Waals surface area contributed by atoms with Crippen LogP contribution < -0.4 is 5.32 Å². The summed E-state index contributed by atoms with van der Waals surface area (Å²) >= 11 is 0. The van der Waals surface area contributed by atoms with Gasteiger partial charge in [0.2, 0.25) is 0 Å². The largest absolute Gasteiger partial charge is 0.316 e. The molecular weight excluding hydrogens is 286 g/mol. The van der Waals surface area contributed by atoms with Crippen molar-refractivity contribution in [3.8, 4) is 5.69 Å². The van der Waals surface area contributed by atoms with Gasteiger partial charge >= 0.3 is 0 Å². The third-order valence-electron chi connectivity index (χ3n) is 5.08. The molecule has 5 heteroatoms. The Bertz CT molecular complexity index is 844. The van der Waals surface area contributed by atoms with Gasteiger partial charge in [0, 0.05) is 12.4 Å². The number of fused-ring (bicyclic) bond motifs is 1. The van der Waals surface area contributed by atoms with E-state index in [-0.39, 0.29) is 0 Å². The highest BCUT2D eigenvalue weighted by Crippen LogP contribution is 2.34. The number of nitrogens with one attached hydrogen (secondary N) is 1. The van der Waals surface area contributed by atoms with Crippen LogP contribution in [0.4, 0.5) is 0 Å². The molecule has 0 radical (unpaired) electrons. The first-order valence-corrected chi connectivity index (χ1v) is 8.31. The maximum absolute atomic E-state index is 4.58. The first kappa shape index (κ1) is 14.5.